The highest BCUT2D eigenvalue weighted by molar-refractivity contribution is 6.30. The number of fused-ring (bicyclic) bond motifs is 1. The summed E-state index contributed by atoms with van der Waals surface area (Å²) in [6.45, 7) is 0.343. The Morgan fingerprint density at radius 1 is 1.11 bits per heavy atom. The van der Waals surface area contributed by atoms with E-state index < -0.39 is 0 Å². The first-order chi connectivity index (χ1) is 13.2. The highest BCUT2D eigenvalue weighted by Gasteiger charge is 2.16. The van der Waals surface area contributed by atoms with Gasteiger partial charge in [-0.2, -0.15) is 0 Å². The average Bonchev–Trinajstić information content (AvgIpc) is 3.34. The largest absolute Gasteiger partial charge is 0.484 e. The van der Waals surface area contributed by atoms with Gasteiger partial charge in [-0.15, -0.1) is 0 Å². The van der Waals surface area contributed by atoms with Crippen LogP contribution in [0.15, 0.2) is 53.1 Å². The van der Waals surface area contributed by atoms with Crippen LogP contribution in [-0.2, 0) is 11.3 Å². The van der Waals surface area contributed by atoms with Gasteiger partial charge in [0.1, 0.15) is 11.4 Å². The molecule has 0 unspecified atom stereocenters. The van der Waals surface area contributed by atoms with E-state index in [4.69, 9.17) is 30.3 Å². The number of carbonyl (C=O) groups excluding carboxylic acids is 1. The first-order valence-corrected chi connectivity index (χ1v) is 8.56. The number of amides is 1. The molecular formula is C19H15ClN2O5. The zero-order valence-corrected chi connectivity index (χ0v) is 14.9. The van der Waals surface area contributed by atoms with Crippen molar-refractivity contribution >= 4 is 17.5 Å². The van der Waals surface area contributed by atoms with Crippen LogP contribution in [0, 0.1) is 0 Å². The minimum absolute atomic E-state index is 0.103. The molecule has 1 amide bonds. The average molecular weight is 387 g/mol. The van der Waals surface area contributed by atoms with Crippen LogP contribution >= 0.6 is 11.6 Å². The van der Waals surface area contributed by atoms with Gasteiger partial charge in [-0.3, -0.25) is 4.79 Å². The van der Waals surface area contributed by atoms with Gasteiger partial charge in [0.05, 0.1) is 6.54 Å². The molecule has 0 fully saturated rings. The lowest BCUT2D eigenvalue weighted by Gasteiger charge is -2.06. The summed E-state index contributed by atoms with van der Waals surface area (Å²) >= 11 is 5.80. The minimum atomic E-state index is -0.266. The molecule has 8 heteroatoms. The number of rotatable bonds is 6. The summed E-state index contributed by atoms with van der Waals surface area (Å²) in [7, 11) is 0. The monoisotopic (exact) mass is 386 g/mol. The first kappa shape index (κ1) is 17.2. The van der Waals surface area contributed by atoms with Crippen molar-refractivity contribution in [2.75, 3.05) is 13.4 Å². The summed E-state index contributed by atoms with van der Waals surface area (Å²) in [6.07, 6.45) is 0. The number of ether oxygens (including phenoxy) is 3. The van der Waals surface area contributed by atoms with Crippen LogP contribution in [0.4, 0.5) is 0 Å². The third kappa shape index (κ3) is 4.15. The fraction of sp³-hybridized carbons (Fsp3) is 0.158. The van der Waals surface area contributed by atoms with Gasteiger partial charge in [0.15, 0.2) is 23.9 Å². The molecular weight excluding hydrogens is 372 g/mol. The van der Waals surface area contributed by atoms with E-state index in [1.165, 1.54) is 0 Å². The summed E-state index contributed by atoms with van der Waals surface area (Å²) < 4.78 is 21.4. The van der Waals surface area contributed by atoms with Gasteiger partial charge in [0.2, 0.25) is 6.79 Å². The molecule has 0 atom stereocenters. The Kier molecular flexibility index (Phi) is 4.84. The fourth-order valence-electron chi connectivity index (χ4n) is 2.50. The van der Waals surface area contributed by atoms with Crippen LogP contribution < -0.4 is 19.5 Å². The maximum Gasteiger partial charge on any atom is 0.258 e. The smallest absolute Gasteiger partial charge is 0.258 e. The maximum atomic E-state index is 11.9. The Morgan fingerprint density at radius 2 is 1.93 bits per heavy atom. The van der Waals surface area contributed by atoms with Crippen LogP contribution in [0.25, 0.3) is 11.3 Å². The second-order valence-corrected chi connectivity index (χ2v) is 6.21. The number of halogens is 1. The van der Waals surface area contributed by atoms with Gasteiger partial charge in [0, 0.05) is 16.7 Å². The predicted octanol–water partition coefficient (Wildman–Crippen LogP) is 3.42. The van der Waals surface area contributed by atoms with Gasteiger partial charge in [-0.25, -0.2) is 0 Å². The van der Waals surface area contributed by atoms with Gasteiger partial charge >= 0.3 is 0 Å². The number of aromatic nitrogens is 1. The second-order valence-electron chi connectivity index (χ2n) is 5.77. The molecule has 0 saturated heterocycles. The van der Waals surface area contributed by atoms with E-state index in [9.17, 15) is 4.79 Å². The molecule has 1 N–H and O–H groups in total. The van der Waals surface area contributed by atoms with Gasteiger partial charge in [0.25, 0.3) is 5.91 Å². The van der Waals surface area contributed by atoms with Crippen LogP contribution in [0.5, 0.6) is 17.2 Å². The quantitative estimate of drug-likeness (QED) is 0.699. The highest BCUT2D eigenvalue weighted by atomic mass is 35.5. The molecule has 0 radical (unpaired) electrons. The van der Waals surface area contributed by atoms with E-state index in [0.717, 1.165) is 5.56 Å². The molecule has 0 saturated carbocycles. The lowest BCUT2D eigenvalue weighted by Crippen LogP contribution is -2.28. The number of hydrogen-bond donors (Lipinski definition) is 1. The predicted molar refractivity (Wildman–Crippen MR) is 96.9 cm³/mol. The Balaban J connectivity index is 1.30. The number of benzene rings is 2. The third-order valence-corrected chi connectivity index (χ3v) is 4.12. The van der Waals surface area contributed by atoms with Gasteiger partial charge in [-0.05, 0) is 42.5 Å². The molecule has 27 heavy (non-hydrogen) atoms. The van der Waals surface area contributed by atoms with E-state index in [1.54, 1.807) is 30.3 Å². The molecule has 1 aromatic heterocycles. The molecule has 2 heterocycles. The van der Waals surface area contributed by atoms with E-state index in [2.05, 4.69) is 10.5 Å². The first-order valence-electron chi connectivity index (χ1n) is 8.18. The molecule has 138 valence electrons. The van der Waals surface area contributed by atoms with Crippen LogP contribution in [0.2, 0.25) is 5.02 Å². The van der Waals surface area contributed by atoms with Crippen molar-refractivity contribution in [1.29, 1.82) is 0 Å². The molecule has 1 aliphatic rings. The molecule has 1 aliphatic heterocycles. The summed E-state index contributed by atoms with van der Waals surface area (Å²) in [5, 5.41) is 7.31. The lowest BCUT2D eigenvalue weighted by atomic mass is 10.1. The molecule has 3 aromatic rings. The van der Waals surface area contributed by atoms with E-state index in [0.29, 0.717) is 33.7 Å². The second kappa shape index (κ2) is 7.59. The SMILES string of the molecule is O=C(COc1ccc(Cl)cc1)NCc1cc(-c2ccc3c(c2)OCO3)on1. The third-order valence-electron chi connectivity index (χ3n) is 3.87. The molecule has 7 nitrogen and oxygen atoms in total. The fourth-order valence-corrected chi connectivity index (χ4v) is 2.63. The van der Waals surface area contributed by atoms with Gasteiger partial charge in [-0.1, -0.05) is 16.8 Å². The zero-order chi connectivity index (χ0) is 18.6. The Bertz CT molecular complexity index is 955. The molecule has 2 aromatic carbocycles. The van der Waals surface area contributed by atoms with Gasteiger partial charge < -0.3 is 24.1 Å². The van der Waals surface area contributed by atoms with E-state index >= 15 is 0 Å². The van der Waals surface area contributed by atoms with Crippen molar-refractivity contribution in [3.63, 3.8) is 0 Å². The summed E-state index contributed by atoms with van der Waals surface area (Å²) in [6, 6.07) is 14.1. The highest BCUT2D eigenvalue weighted by Crippen LogP contribution is 2.35. The number of hydrogen-bond acceptors (Lipinski definition) is 6. The Labute approximate surface area is 159 Å². The van der Waals surface area contributed by atoms with Crippen molar-refractivity contribution in [3.05, 3.63) is 59.2 Å². The number of carbonyl (C=O) groups is 1. The van der Waals surface area contributed by atoms with Crippen molar-refractivity contribution in [2.45, 2.75) is 6.54 Å². The maximum absolute atomic E-state index is 11.9. The normalized spacial score (nSPS) is 12.0. The van der Waals surface area contributed by atoms with E-state index in [1.807, 2.05) is 18.2 Å². The minimum Gasteiger partial charge on any atom is -0.484 e. The van der Waals surface area contributed by atoms with Crippen molar-refractivity contribution in [3.8, 4) is 28.6 Å². The molecule has 0 spiro atoms. The van der Waals surface area contributed by atoms with Crippen LogP contribution in [0.1, 0.15) is 5.69 Å². The Morgan fingerprint density at radius 3 is 2.78 bits per heavy atom. The van der Waals surface area contributed by atoms with Crippen molar-refractivity contribution in [1.82, 2.24) is 10.5 Å². The lowest BCUT2D eigenvalue weighted by molar-refractivity contribution is -0.123. The molecule has 0 bridgehead atoms. The molecule has 0 aliphatic carbocycles. The van der Waals surface area contributed by atoms with Crippen molar-refractivity contribution < 1.29 is 23.5 Å². The Hall–Kier alpha value is -3.19. The van der Waals surface area contributed by atoms with E-state index in [-0.39, 0.29) is 25.9 Å². The van der Waals surface area contributed by atoms with Crippen LogP contribution in [-0.4, -0.2) is 24.5 Å². The topological polar surface area (TPSA) is 82.8 Å². The summed E-state index contributed by atoms with van der Waals surface area (Å²) in [4.78, 5) is 11.9. The standard InChI is InChI=1S/C19H15ClN2O5/c20-13-2-4-15(5-3-13)24-10-19(23)21-9-14-8-17(27-22-14)12-1-6-16-18(7-12)26-11-25-16/h1-8H,9-11H2,(H,21,23). The number of nitrogens with one attached hydrogen (secondary N) is 1. The molecule has 4 rings (SSSR count). The number of nitrogens with zero attached hydrogens (tertiary/aromatic N) is 1. The van der Waals surface area contributed by atoms with Crippen molar-refractivity contribution in [2.24, 2.45) is 0 Å². The summed E-state index contributed by atoms with van der Waals surface area (Å²) in [5.41, 5.74) is 1.41. The summed E-state index contributed by atoms with van der Waals surface area (Å²) in [5.74, 6) is 2.25. The van der Waals surface area contributed by atoms with Crippen LogP contribution in [0.3, 0.4) is 0 Å². The zero-order valence-electron chi connectivity index (χ0n) is 14.1.